The predicted octanol–water partition coefficient (Wildman–Crippen LogP) is 3.61. The Hall–Kier alpha value is -1.84. The molecule has 0 spiro atoms. The summed E-state index contributed by atoms with van der Waals surface area (Å²) in [5.74, 6) is 1.01. The lowest BCUT2D eigenvalue weighted by Crippen LogP contribution is -2.24. The van der Waals surface area contributed by atoms with E-state index in [1.165, 1.54) is 16.7 Å². The normalized spacial score (nSPS) is 16.7. The summed E-state index contributed by atoms with van der Waals surface area (Å²) < 4.78 is 5.93. The van der Waals surface area contributed by atoms with Crippen LogP contribution in [0.25, 0.3) is 0 Å². The lowest BCUT2D eigenvalue weighted by atomic mass is 9.99. The Morgan fingerprint density at radius 1 is 1.17 bits per heavy atom. The first kappa shape index (κ1) is 16.0. The molecule has 0 bridgehead atoms. The van der Waals surface area contributed by atoms with Crippen LogP contribution >= 0.6 is 0 Å². The zero-order valence-electron chi connectivity index (χ0n) is 13.9. The van der Waals surface area contributed by atoms with E-state index in [1.54, 1.807) is 0 Å². The number of nitrogens with one attached hydrogen (secondary N) is 1. The van der Waals surface area contributed by atoms with Crippen molar-refractivity contribution >= 4 is 0 Å². The van der Waals surface area contributed by atoms with Gasteiger partial charge in [0.25, 0.3) is 0 Å². The molecular weight excluding hydrogens is 286 g/mol. The van der Waals surface area contributed by atoms with Crippen LogP contribution in [-0.2, 0) is 13.0 Å². The molecule has 3 nitrogen and oxygen atoms in total. The number of fused-ring (bicyclic) bond motifs is 1. The lowest BCUT2D eigenvalue weighted by molar-refractivity contribution is 0.138. The molecule has 0 aliphatic carbocycles. The zero-order valence-corrected chi connectivity index (χ0v) is 13.9. The van der Waals surface area contributed by atoms with Crippen molar-refractivity contribution < 1.29 is 9.84 Å². The third-order valence-electron chi connectivity index (χ3n) is 4.30. The van der Waals surface area contributed by atoms with Crippen molar-refractivity contribution in [3.05, 3.63) is 65.2 Å². The van der Waals surface area contributed by atoms with Crippen molar-refractivity contribution in [1.29, 1.82) is 0 Å². The van der Waals surface area contributed by atoms with Crippen LogP contribution in [0.1, 0.15) is 43.0 Å². The van der Waals surface area contributed by atoms with Crippen molar-refractivity contribution in [3.8, 4) is 5.75 Å². The van der Waals surface area contributed by atoms with Gasteiger partial charge in [0.15, 0.2) is 0 Å². The van der Waals surface area contributed by atoms with Crippen LogP contribution in [0.3, 0.4) is 0 Å². The Morgan fingerprint density at radius 2 is 1.96 bits per heavy atom. The molecule has 1 heterocycles. The van der Waals surface area contributed by atoms with Gasteiger partial charge in [-0.15, -0.1) is 0 Å². The molecule has 23 heavy (non-hydrogen) atoms. The smallest absolute Gasteiger partial charge is 0.123 e. The molecule has 2 aromatic rings. The Kier molecular flexibility index (Phi) is 4.69. The molecule has 3 heteroatoms. The third kappa shape index (κ3) is 3.92. The Morgan fingerprint density at radius 3 is 2.70 bits per heavy atom. The molecular formula is C20H25NO2. The van der Waals surface area contributed by atoms with Crippen molar-refractivity contribution in [2.75, 3.05) is 6.61 Å². The molecule has 0 saturated carbocycles. The minimum absolute atomic E-state index is 0.0994. The number of ether oxygens (including phenoxy) is 1. The maximum Gasteiger partial charge on any atom is 0.123 e. The molecule has 0 aromatic heterocycles. The van der Waals surface area contributed by atoms with Gasteiger partial charge in [-0.3, -0.25) is 0 Å². The molecule has 0 fully saturated rings. The molecule has 0 amide bonds. The van der Waals surface area contributed by atoms with E-state index < -0.39 is 0 Å². The van der Waals surface area contributed by atoms with E-state index >= 15 is 0 Å². The maximum absolute atomic E-state index is 9.32. The molecule has 0 saturated heterocycles. The first-order chi connectivity index (χ1) is 11.1. The summed E-state index contributed by atoms with van der Waals surface area (Å²) in [6.07, 6.45) is 1.67. The third-order valence-corrected chi connectivity index (χ3v) is 4.30. The van der Waals surface area contributed by atoms with E-state index in [9.17, 15) is 5.11 Å². The quantitative estimate of drug-likeness (QED) is 0.856. The fourth-order valence-corrected chi connectivity index (χ4v) is 3.21. The van der Waals surface area contributed by atoms with Crippen LogP contribution in [0.2, 0.25) is 0 Å². The minimum Gasteiger partial charge on any atom is -0.487 e. The number of hydrogen-bond acceptors (Lipinski definition) is 3. The minimum atomic E-state index is -0.0994. The molecule has 0 unspecified atom stereocenters. The number of aliphatic hydroxyl groups is 1. The first-order valence-corrected chi connectivity index (χ1v) is 8.27. The van der Waals surface area contributed by atoms with Crippen LogP contribution in [0.15, 0.2) is 48.5 Å². The second kappa shape index (κ2) is 6.73. The summed E-state index contributed by atoms with van der Waals surface area (Å²) in [6.45, 7) is 5.21. The van der Waals surface area contributed by atoms with Gasteiger partial charge in [-0.1, -0.05) is 42.5 Å². The summed E-state index contributed by atoms with van der Waals surface area (Å²) in [4.78, 5) is 0. The highest BCUT2D eigenvalue weighted by molar-refractivity contribution is 5.41. The lowest BCUT2D eigenvalue weighted by Gasteiger charge is -2.18. The molecule has 2 aromatic carbocycles. The van der Waals surface area contributed by atoms with Gasteiger partial charge in [0, 0.05) is 25.6 Å². The van der Waals surface area contributed by atoms with E-state index in [4.69, 9.17) is 4.74 Å². The summed E-state index contributed by atoms with van der Waals surface area (Å²) in [7, 11) is 0. The molecule has 1 atom stereocenters. The van der Waals surface area contributed by atoms with Crippen LogP contribution in [0.5, 0.6) is 5.75 Å². The molecule has 1 aliphatic heterocycles. The molecule has 1 aliphatic rings. The highest BCUT2D eigenvalue weighted by Gasteiger charge is 2.29. The Balaban J connectivity index is 1.68. The average molecular weight is 311 g/mol. The second-order valence-electron chi connectivity index (χ2n) is 6.84. The van der Waals surface area contributed by atoms with E-state index in [2.05, 4.69) is 49.5 Å². The Bertz CT molecular complexity index is 652. The van der Waals surface area contributed by atoms with Gasteiger partial charge in [0.2, 0.25) is 0 Å². The topological polar surface area (TPSA) is 41.5 Å². The predicted molar refractivity (Wildman–Crippen MR) is 92.6 cm³/mol. The average Bonchev–Trinajstić information content (AvgIpc) is 2.85. The highest BCUT2D eigenvalue weighted by Crippen LogP contribution is 2.35. The van der Waals surface area contributed by atoms with Gasteiger partial charge in [0.1, 0.15) is 11.4 Å². The fourth-order valence-electron chi connectivity index (χ4n) is 3.21. The number of aliphatic hydroxyl groups excluding tert-OH is 1. The molecule has 122 valence electrons. The first-order valence-electron chi connectivity index (χ1n) is 8.27. The zero-order chi connectivity index (χ0) is 16.3. The van der Waals surface area contributed by atoms with Crippen molar-refractivity contribution in [1.82, 2.24) is 5.32 Å². The van der Waals surface area contributed by atoms with Gasteiger partial charge < -0.3 is 15.2 Å². The Labute approximate surface area is 138 Å². The van der Waals surface area contributed by atoms with Gasteiger partial charge in [-0.25, -0.2) is 0 Å². The number of hydrogen-bond donors (Lipinski definition) is 2. The molecule has 0 radical (unpaired) electrons. The largest absolute Gasteiger partial charge is 0.487 e. The summed E-state index contributed by atoms with van der Waals surface area (Å²) in [6, 6.07) is 16.9. The summed E-state index contributed by atoms with van der Waals surface area (Å²) in [5.41, 5.74) is 3.65. The SMILES string of the molecule is CC1(C)Cc2cc(CN[C@H](CCO)c3ccccc3)ccc2O1. The van der Waals surface area contributed by atoms with E-state index in [-0.39, 0.29) is 18.2 Å². The van der Waals surface area contributed by atoms with Crippen molar-refractivity contribution in [3.63, 3.8) is 0 Å². The number of benzene rings is 2. The standard InChI is InChI=1S/C20H25NO2/c1-20(2)13-17-12-15(8-9-19(17)23-20)14-21-18(10-11-22)16-6-4-3-5-7-16/h3-9,12,18,21-22H,10-11,13-14H2,1-2H3/t18-/m1/s1. The molecule has 2 N–H and O–H groups in total. The highest BCUT2D eigenvalue weighted by atomic mass is 16.5. The molecule has 3 rings (SSSR count). The van der Waals surface area contributed by atoms with Crippen LogP contribution in [0, 0.1) is 0 Å². The maximum atomic E-state index is 9.32. The monoisotopic (exact) mass is 311 g/mol. The summed E-state index contributed by atoms with van der Waals surface area (Å²) >= 11 is 0. The van der Waals surface area contributed by atoms with Gasteiger partial charge in [-0.2, -0.15) is 0 Å². The summed E-state index contributed by atoms with van der Waals surface area (Å²) in [5, 5.41) is 12.9. The second-order valence-corrected chi connectivity index (χ2v) is 6.84. The van der Waals surface area contributed by atoms with E-state index in [1.807, 2.05) is 18.2 Å². The van der Waals surface area contributed by atoms with Crippen LogP contribution in [0.4, 0.5) is 0 Å². The number of rotatable bonds is 6. The van der Waals surface area contributed by atoms with Gasteiger partial charge in [0.05, 0.1) is 0 Å². The fraction of sp³-hybridized carbons (Fsp3) is 0.400. The van der Waals surface area contributed by atoms with Crippen LogP contribution < -0.4 is 10.1 Å². The van der Waals surface area contributed by atoms with E-state index in [0.717, 1.165) is 18.7 Å². The van der Waals surface area contributed by atoms with Crippen molar-refractivity contribution in [2.45, 2.75) is 44.9 Å². The van der Waals surface area contributed by atoms with E-state index in [0.29, 0.717) is 6.42 Å². The van der Waals surface area contributed by atoms with Gasteiger partial charge >= 0.3 is 0 Å². The van der Waals surface area contributed by atoms with Crippen LogP contribution in [-0.4, -0.2) is 17.3 Å². The van der Waals surface area contributed by atoms with Crippen molar-refractivity contribution in [2.24, 2.45) is 0 Å². The van der Waals surface area contributed by atoms with Gasteiger partial charge in [-0.05, 0) is 43.0 Å².